The molecule has 0 unspecified atom stereocenters. The summed E-state index contributed by atoms with van der Waals surface area (Å²) in [5, 5.41) is 12.7. The molecular weight excluding hydrogens is 271 g/mol. The molecule has 0 aliphatic heterocycles. The van der Waals surface area contributed by atoms with Crippen molar-refractivity contribution in [3.63, 3.8) is 0 Å². The van der Waals surface area contributed by atoms with Crippen molar-refractivity contribution in [2.75, 3.05) is 0 Å². The molecule has 1 aromatic heterocycles. The number of carboxylic acid groups (broad SMARTS) is 1. The molecule has 0 aliphatic carbocycles. The Balaban J connectivity index is 2.92. The lowest BCUT2D eigenvalue weighted by molar-refractivity contribution is 0.0695. The van der Waals surface area contributed by atoms with E-state index >= 15 is 0 Å². The van der Waals surface area contributed by atoms with Gasteiger partial charge in [-0.3, -0.25) is 4.68 Å². The minimum Gasteiger partial charge on any atom is -0.478 e. The van der Waals surface area contributed by atoms with Gasteiger partial charge in [-0.15, -0.1) is 0 Å². The number of halogens is 1. The van der Waals surface area contributed by atoms with Crippen LogP contribution in [0.5, 0.6) is 0 Å². The van der Waals surface area contributed by atoms with E-state index in [-0.39, 0.29) is 5.56 Å². The Morgan fingerprint density at radius 1 is 1.83 bits per heavy atom. The van der Waals surface area contributed by atoms with Crippen molar-refractivity contribution < 1.29 is 9.90 Å². The summed E-state index contributed by atoms with van der Waals surface area (Å²) in [7, 11) is 0. The van der Waals surface area contributed by atoms with Crippen LogP contribution >= 0.6 is 22.6 Å². The maximum absolute atomic E-state index is 10.6. The van der Waals surface area contributed by atoms with Crippen LogP contribution < -0.4 is 0 Å². The number of aromatic nitrogens is 2. The van der Waals surface area contributed by atoms with Crippen LogP contribution in [0.1, 0.15) is 23.7 Å². The summed E-state index contributed by atoms with van der Waals surface area (Å²) < 4.78 is 2.21. The van der Waals surface area contributed by atoms with Gasteiger partial charge in [0.1, 0.15) is 9.26 Å². The van der Waals surface area contributed by atoms with E-state index in [1.165, 1.54) is 0 Å². The molecule has 0 saturated carbocycles. The zero-order valence-electron chi connectivity index (χ0n) is 6.62. The van der Waals surface area contributed by atoms with Gasteiger partial charge >= 0.3 is 5.97 Å². The lowest BCUT2D eigenvalue weighted by Crippen LogP contribution is -1.97. The first-order valence-electron chi connectivity index (χ1n) is 3.61. The van der Waals surface area contributed by atoms with Gasteiger partial charge in [-0.2, -0.15) is 5.10 Å². The Morgan fingerprint density at radius 2 is 2.50 bits per heavy atom. The summed E-state index contributed by atoms with van der Waals surface area (Å²) in [5.74, 6) is -0.915. The molecule has 1 heterocycles. The van der Waals surface area contributed by atoms with Crippen LogP contribution in [0.25, 0.3) is 0 Å². The normalized spacial score (nSPS) is 10.2. The fraction of sp³-hybridized carbons (Fsp3) is 0.429. The smallest absolute Gasteiger partial charge is 0.340 e. The topological polar surface area (TPSA) is 55.1 Å². The minimum atomic E-state index is -0.915. The first kappa shape index (κ1) is 9.50. The Labute approximate surface area is 83.7 Å². The van der Waals surface area contributed by atoms with Crippen molar-refractivity contribution in [2.24, 2.45) is 0 Å². The highest BCUT2D eigenvalue weighted by Gasteiger charge is 2.11. The first-order valence-corrected chi connectivity index (χ1v) is 4.69. The molecule has 0 bridgehead atoms. The first-order chi connectivity index (χ1) is 5.65. The molecule has 0 aromatic carbocycles. The standard InChI is InChI=1S/C7H9IN2O2/c1-2-3-10-4-5(7(11)12)6(8)9-10/h4H,2-3H2,1H3,(H,11,12). The number of aryl methyl sites for hydroxylation is 1. The zero-order chi connectivity index (χ0) is 9.14. The third-order valence-electron chi connectivity index (χ3n) is 1.40. The van der Waals surface area contributed by atoms with Crippen LogP contribution in [0.4, 0.5) is 0 Å². The highest BCUT2D eigenvalue weighted by atomic mass is 127. The predicted octanol–water partition coefficient (Wildman–Crippen LogP) is 1.60. The van der Waals surface area contributed by atoms with Gasteiger partial charge in [0.05, 0.1) is 0 Å². The molecular formula is C7H9IN2O2. The SMILES string of the molecule is CCCn1cc(C(=O)O)c(I)n1. The number of nitrogens with zero attached hydrogens (tertiary/aromatic N) is 2. The fourth-order valence-corrected chi connectivity index (χ4v) is 1.53. The highest BCUT2D eigenvalue weighted by Crippen LogP contribution is 2.09. The van der Waals surface area contributed by atoms with Crippen LogP contribution in [0.3, 0.4) is 0 Å². The van der Waals surface area contributed by atoms with Crippen LogP contribution in [0.2, 0.25) is 0 Å². The Bertz CT molecular complexity index is 296. The number of hydrogen-bond acceptors (Lipinski definition) is 2. The average molecular weight is 280 g/mol. The largest absolute Gasteiger partial charge is 0.478 e. The summed E-state index contributed by atoms with van der Waals surface area (Å²) in [5.41, 5.74) is 0.282. The van der Waals surface area contributed by atoms with Gasteiger partial charge in [0, 0.05) is 12.7 Å². The molecule has 0 radical (unpaired) electrons. The molecule has 1 N–H and O–H groups in total. The number of hydrogen-bond donors (Lipinski definition) is 1. The van der Waals surface area contributed by atoms with Gasteiger partial charge in [-0.05, 0) is 29.0 Å². The predicted molar refractivity (Wildman–Crippen MR) is 52.2 cm³/mol. The summed E-state index contributed by atoms with van der Waals surface area (Å²) in [4.78, 5) is 10.6. The quantitative estimate of drug-likeness (QED) is 0.855. The third kappa shape index (κ3) is 1.96. The van der Waals surface area contributed by atoms with Crippen molar-refractivity contribution in [3.05, 3.63) is 15.5 Å². The molecule has 66 valence electrons. The second-order valence-corrected chi connectivity index (χ2v) is 3.42. The van der Waals surface area contributed by atoms with E-state index in [0.717, 1.165) is 13.0 Å². The van der Waals surface area contributed by atoms with E-state index in [1.807, 2.05) is 29.5 Å². The molecule has 1 rings (SSSR count). The van der Waals surface area contributed by atoms with Gasteiger partial charge in [-0.1, -0.05) is 6.92 Å². The Hall–Kier alpha value is -0.590. The van der Waals surface area contributed by atoms with Crippen LogP contribution in [0, 0.1) is 3.70 Å². The van der Waals surface area contributed by atoms with Crippen LogP contribution in [-0.4, -0.2) is 20.9 Å². The van der Waals surface area contributed by atoms with Crippen LogP contribution in [-0.2, 0) is 6.54 Å². The van der Waals surface area contributed by atoms with Gasteiger partial charge in [0.25, 0.3) is 0 Å². The monoisotopic (exact) mass is 280 g/mol. The van der Waals surface area contributed by atoms with Gasteiger partial charge < -0.3 is 5.11 Å². The molecule has 12 heavy (non-hydrogen) atoms. The highest BCUT2D eigenvalue weighted by molar-refractivity contribution is 14.1. The molecule has 0 atom stereocenters. The molecule has 0 fully saturated rings. The number of rotatable bonds is 3. The van der Waals surface area contributed by atoms with Crippen molar-refractivity contribution in [1.29, 1.82) is 0 Å². The van der Waals surface area contributed by atoms with E-state index < -0.39 is 5.97 Å². The number of aromatic carboxylic acids is 1. The minimum absolute atomic E-state index is 0.282. The lowest BCUT2D eigenvalue weighted by atomic mass is 10.4. The third-order valence-corrected chi connectivity index (χ3v) is 2.20. The van der Waals surface area contributed by atoms with E-state index in [2.05, 4.69) is 5.10 Å². The molecule has 0 amide bonds. The van der Waals surface area contributed by atoms with Gasteiger partial charge in [-0.25, -0.2) is 4.79 Å². The van der Waals surface area contributed by atoms with Crippen LogP contribution in [0.15, 0.2) is 6.20 Å². The number of carbonyl (C=O) groups is 1. The molecule has 0 saturated heterocycles. The Morgan fingerprint density at radius 3 is 2.92 bits per heavy atom. The van der Waals surface area contributed by atoms with E-state index in [9.17, 15) is 4.79 Å². The maximum atomic E-state index is 10.6. The zero-order valence-corrected chi connectivity index (χ0v) is 8.78. The van der Waals surface area contributed by atoms with E-state index in [4.69, 9.17) is 5.11 Å². The van der Waals surface area contributed by atoms with Crippen molar-refractivity contribution in [3.8, 4) is 0 Å². The second kappa shape index (κ2) is 3.88. The second-order valence-electron chi connectivity index (χ2n) is 2.40. The summed E-state index contributed by atoms with van der Waals surface area (Å²) >= 11 is 1.92. The van der Waals surface area contributed by atoms with Gasteiger partial charge in [0.15, 0.2) is 0 Å². The maximum Gasteiger partial charge on any atom is 0.340 e. The average Bonchev–Trinajstić information content (AvgIpc) is 2.32. The van der Waals surface area contributed by atoms with Gasteiger partial charge in [0.2, 0.25) is 0 Å². The summed E-state index contributed by atoms with van der Waals surface area (Å²) in [6.07, 6.45) is 2.52. The Kier molecular flexibility index (Phi) is 3.07. The molecule has 0 spiro atoms. The van der Waals surface area contributed by atoms with E-state index in [0.29, 0.717) is 3.70 Å². The number of carboxylic acids is 1. The van der Waals surface area contributed by atoms with E-state index in [1.54, 1.807) is 10.9 Å². The fourth-order valence-electron chi connectivity index (χ4n) is 0.885. The summed E-state index contributed by atoms with van der Waals surface area (Å²) in [6.45, 7) is 2.79. The van der Waals surface area contributed by atoms with Crippen molar-refractivity contribution in [1.82, 2.24) is 9.78 Å². The molecule has 5 heteroatoms. The summed E-state index contributed by atoms with van der Waals surface area (Å²) in [6, 6.07) is 0. The molecule has 0 aliphatic rings. The lowest BCUT2D eigenvalue weighted by Gasteiger charge is -1.93. The van der Waals surface area contributed by atoms with Crippen molar-refractivity contribution >= 4 is 28.6 Å². The molecule has 4 nitrogen and oxygen atoms in total. The van der Waals surface area contributed by atoms with Crippen molar-refractivity contribution in [2.45, 2.75) is 19.9 Å². The molecule has 1 aromatic rings.